The smallest absolute Gasteiger partial charge is 0.196 e. The molecule has 4 rings (SSSR count). The molecule has 0 aliphatic heterocycles. The largest absolute Gasteiger partial charge is 0.455 e. The van der Waals surface area contributed by atoms with Gasteiger partial charge in [-0.15, -0.1) is 0 Å². The normalized spacial score (nSPS) is 12.5. The van der Waals surface area contributed by atoms with E-state index in [4.69, 9.17) is 4.74 Å². The van der Waals surface area contributed by atoms with E-state index in [1.165, 1.54) is 18.3 Å². The SMILES string of the molecule is C=CC(=O)c1cn(-c2cc(C(C)(C)O)ccc2Oc2c(C)cc(F)cc2C)c2c(c1=O)CC=C2. The molecule has 3 aromatic rings. The maximum atomic E-state index is 13.9. The van der Waals surface area contributed by atoms with E-state index in [0.717, 1.165) is 6.08 Å². The van der Waals surface area contributed by atoms with Gasteiger partial charge in [0.1, 0.15) is 11.6 Å². The minimum atomic E-state index is -1.15. The van der Waals surface area contributed by atoms with E-state index >= 15 is 0 Å². The molecule has 0 fully saturated rings. The maximum Gasteiger partial charge on any atom is 0.196 e. The van der Waals surface area contributed by atoms with Gasteiger partial charge in [0, 0.05) is 11.8 Å². The zero-order chi connectivity index (χ0) is 24.8. The topological polar surface area (TPSA) is 68.5 Å². The molecule has 1 aliphatic carbocycles. The summed E-state index contributed by atoms with van der Waals surface area (Å²) in [7, 11) is 0. The van der Waals surface area contributed by atoms with Crippen LogP contribution in [0.15, 0.2) is 60.1 Å². The van der Waals surface area contributed by atoms with Crippen molar-refractivity contribution in [1.29, 1.82) is 0 Å². The number of fused-ring (bicyclic) bond motifs is 1. The number of allylic oxidation sites excluding steroid dienone is 2. The van der Waals surface area contributed by atoms with Crippen molar-refractivity contribution >= 4 is 11.9 Å². The third kappa shape index (κ3) is 4.13. The molecule has 174 valence electrons. The summed E-state index contributed by atoms with van der Waals surface area (Å²) in [5.74, 6) is 0.110. The Hall–Kier alpha value is -3.77. The van der Waals surface area contributed by atoms with Gasteiger partial charge in [-0.05, 0) is 87.2 Å². The Morgan fingerprint density at radius 1 is 1.21 bits per heavy atom. The fraction of sp³-hybridized carbons (Fsp3) is 0.214. The van der Waals surface area contributed by atoms with Gasteiger partial charge >= 0.3 is 0 Å². The highest BCUT2D eigenvalue weighted by Crippen LogP contribution is 2.37. The predicted molar refractivity (Wildman–Crippen MR) is 130 cm³/mol. The van der Waals surface area contributed by atoms with Gasteiger partial charge in [0.2, 0.25) is 0 Å². The summed E-state index contributed by atoms with van der Waals surface area (Å²) in [4.78, 5) is 25.4. The monoisotopic (exact) mass is 459 g/mol. The second-order valence-electron chi connectivity index (χ2n) is 8.99. The Balaban J connectivity index is 2.00. The molecule has 1 aliphatic rings. The zero-order valence-electron chi connectivity index (χ0n) is 19.6. The number of pyridine rings is 1. The third-order valence-electron chi connectivity index (χ3n) is 5.96. The number of aryl methyl sites for hydroxylation is 2. The van der Waals surface area contributed by atoms with Crippen LogP contribution in [0.5, 0.6) is 11.5 Å². The number of ketones is 1. The second kappa shape index (κ2) is 8.54. The average Bonchev–Trinajstić information content (AvgIpc) is 3.26. The Bertz CT molecular complexity index is 1400. The number of ether oxygens (including phenoxy) is 1. The maximum absolute atomic E-state index is 13.9. The number of carbonyl (C=O) groups excluding carboxylic acids is 1. The molecule has 2 aromatic carbocycles. The van der Waals surface area contributed by atoms with Gasteiger partial charge in [-0.3, -0.25) is 9.59 Å². The van der Waals surface area contributed by atoms with Crippen LogP contribution >= 0.6 is 0 Å². The highest BCUT2D eigenvalue weighted by atomic mass is 19.1. The minimum Gasteiger partial charge on any atom is -0.455 e. The lowest BCUT2D eigenvalue weighted by molar-refractivity contribution is 0.0785. The van der Waals surface area contributed by atoms with Crippen molar-refractivity contribution in [3.8, 4) is 17.2 Å². The fourth-order valence-electron chi connectivity index (χ4n) is 4.17. The van der Waals surface area contributed by atoms with E-state index in [1.54, 1.807) is 50.5 Å². The number of nitrogens with zero attached hydrogens (tertiary/aromatic N) is 1. The molecule has 0 unspecified atom stereocenters. The van der Waals surface area contributed by atoms with Crippen molar-refractivity contribution in [3.63, 3.8) is 0 Å². The quantitative estimate of drug-likeness (QED) is 0.388. The van der Waals surface area contributed by atoms with Crippen LogP contribution in [-0.4, -0.2) is 15.5 Å². The molecule has 0 saturated heterocycles. The number of aliphatic hydroxyl groups is 1. The molecular formula is C28H26FNO4. The molecule has 0 atom stereocenters. The lowest BCUT2D eigenvalue weighted by Gasteiger charge is -2.23. The Morgan fingerprint density at radius 3 is 2.50 bits per heavy atom. The molecule has 1 N–H and O–H groups in total. The highest BCUT2D eigenvalue weighted by molar-refractivity contribution is 6.04. The highest BCUT2D eigenvalue weighted by Gasteiger charge is 2.24. The lowest BCUT2D eigenvalue weighted by atomic mass is 9.97. The molecule has 0 spiro atoms. The van der Waals surface area contributed by atoms with Gasteiger partial charge in [-0.2, -0.15) is 0 Å². The third-order valence-corrected chi connectivity index (χ3v) is 5.96. The first kappa shape index (κ1) is 23.4. The van der Waals surface area contributed by atoms with Gasteiger partial charge in [0.05, 0.1) is 22.5 Å². The number of hydrogen-bond donors (Lipinski definition) is 1. The van der Waals surface area contributed by atoms with Crippen molar-refractivity contribution < 1.29 is 19.0 Å². The molecular weight excluding hydrogens is 433 g/mol. The number of hydrogen-bond acceptors (Lipinski definition) is 4. The summed E-state index contributed by atoms with van der Waals surface area (Å²) < 4.78 is 21.9. The van der Waals surface area contributed by atoms with Gasteiger partial charge in [0.15, 0.2) is 17.0 Å². The zero-order valence-corrected chi connectivity index (χ0v) is 19.6. The Kier molecular flexibility index (Phi) is 5.87. The van der Waals surface area contributed by atoms with E-state index in [1.807, 2.05) is 12.2 Å². The summed E-state index contributed by atoms with van der Waals surface area (Å²) >= 11 is 0. The van der Waals surface area contributed by atoms with E-state index in [0.29, 0.717) is 51.6 Å². The summed E-state index contributed by atoms with van der Waals surface area (Å²) in [5.41, 5.74) is 2.07. The molecule has 34 heavy (non-hydrogen) atoms. The van der Waals surface area contributed by atoms with Crippen LogP contribution in [0.2, 0.25) is 0 Å². The van der Waals surface area contributed by atoms with Crippen molar-refractivity contribution in [3.05, 3.63) is 105 Å². The number of benzene rings is 2. The van der Waals surface area contributed by atoms with Crippen LogP contribution in [0.4, 0.5) is 4.39 Å². The summed E-state index contributed by atoms with van der Waals surface area (Å²) in [5, 5.41) is 10.7. The van der Waals surface area contributed by atoms with Gasteiger partial charge in [-0.25, -0.2) is 4.39 Å². The van der Waals surface area contributed by atoms with Crippen LogP contribution in [0.25, 0.3) is 11.8 Å². The number of rotatable bonds is 6. The standard InChI is InChI=1S/C28H26FNO4/c1-6-24(31)21-15-30(22-9-7-8-20(22)26(21)32)23-14-18(28(4,5)33)10-11-25(23)34-27-16(2)12-19(29)13-17(27)3/h6-7,9-15,33H,1,8H2,2-5H3. The van der Waals surface area contributed by atoms with Crippen molar-refractivity contribution in [2.45, 2.75) is 39.7 Å². The fourth-order valence-corrected chi connectivity index (χ4v) is 4.17. The first-order valence-electron chi connectivity index (χ1n) is 10.9. The number of aromatic nitrogens is 1. The molecule has 6 heteroatoms. The van der Waals surface area contributed by atoms with Crippen molar-refractivity contribution in [1.82, 2.24) is 4.57 Å². The predicted octanol–water partition coefficient (Wildman–Crippen LogP) is 5.55. The van der Waals surface area contributed by atoms with Crippen LogP contribution < -0.4 is 10.2 Å². The van der Waals surface area contributed by atoms with Crippen molar-refractivity contribution in [2.75, 3.05) is 0 Å². The first-order valence-corrected chi connectivity index (χ1v) is 10.9. The molecule has 1 heterocycles. The summed E-state index contributed by atoms with van der Waals surface area (Å²) in [6, 6.07) is 8.04. The van der Waals surface area contributed by atoms with Crippen LogP contribution in [0.1, 0.15) is 52.2 Å². The molecule has 0 radical (unpaired) electrons. The Morgan fingerprint density at radius 2 is 1.88 bits per heavy atom. The van der Waals surface area contributed by atoms with E-state index < -0.39 is 11.4 Å². The van der Waals surface area contributed by atoms with E-state index in [2.05, 4.69) is 6.58 Å². The second-order valence-corrected chi connectivity index (χ2v) is 8.99. The van der Waals surface area contributed by atoms with Crippen LogP contribution in [-0.2, 0) is 12.0 Å². The molecule has 1 aromatic heterocycles. The van der Waals surface area contributed by atoms with Gasteiger partial charge < -0.3 is 14.4 Å². The Labute approximate surface area is 197 Å². The molecule has 5 nitrogen and oxygen atoms in total. The molecule has 0 saturated carbocycles. The molecule has 0 bridgehead atoms. The van der Waals surface area contributed by atoms with E-state index in [9.17, 15) is 19.1 Å². The van der Waals surface area contributed by atoms with Crippen molar-refractivity contribution in [2.24, 2.45) is 0 Å². The number of halogens is 1. The van der Waals surface area contributed by atoms with Crippen LogP contribution in [0, 0.1) is 19.7 Å². The summed E-state index contributed by atoms with van der Waals surface area (Å²) in [6.45, 7) is 10.4. The van der Waals surface area contributed by atoms with E-state index in [-0.39, 0.29) is 16.8 Å². The molecule has 0 amide bonds. The van der Waals surface area contributed by atoms with Gasteiger partial charge in [-0.1, -0.05) is 18.7 Å². The first-order chi connectivity index (χ1) is 16.0. The minimum absolute atomic E-state index is 0.00575. The lowest BCUT2D eigenvalue weighted by Crippen LogP contribution is -2.22. The number of carbonyl (C=O) groups is 1. The summed E-state index contributed by atoms with van der Waals surface area (Å²) in [6.07, 6.45) is 6.70. The average molecular weight is 460 g/mol. The van der Waals surface area contributed by atoms with Crippen LogP contribution in [0.3, 0.4) is 0 Å². The van der Waals surface area contributed by atoms with Gasteiger partial charge in [0.25, 0.3) is 0 Å².